The van der Waals surface area contributed by atoms with E-state index in [1.807, 2.05) is 30.3 Å². The van der Waals surface area contributed by atoms with Crippen molar-refractivity contribution in [1.82, 2.24) is 4.90 Å². The van der Waals surface area contributed by atoms with Crippen LogP contribution in [0, 0.1) is 0 Å². The fraction of sp³-hybridized carbons (Fsp3) is 0.200. The lowest BCUT2D eigenvalue weighted by atomic mass is 10.0. The van der Waals surface area contributed by atoms with Gasteiger partial charge in [-0.3, -0.25) is 4.79 Å². The molecule has 1 aliphatic rings. The Hall–Kier alpha value is -2.36. The number of hydrogen-bond acceptors (Lipinski definition) is 3. The molecule has 1 aromatic rings. The van der Waals surface area contributed by atoms with Crippen LogP contribution < -0.4 is 0 Å². The molecular formula is C15H15NO3. The molecule has 1 amide bonds. The number of nitrogens with zero attached hydrogens (tertiary/aromatic N) is 1. The second kappa shape index (κ2) is 5.10. The molecule has 4 nitrogen and oxygen atoms in total. The van der Waals surface area contributed by atoms with Gasteiger partial charge in [-0.2, -0.15) is 0 Å². The molecule has 0 saturated carbocycles. The van der Waals surface area contributed by atoms with Crippen molar-refractivity contribution in [2.45, 2.75) is 6.92 Å². The third-order valence-corrected chi connectivity index (χ3v) is 3.17. The van der Waals surface area contributed by atoms with E-state index in [0.29, 0.717) is 16.8 Å². The quantitative estimate of drug-likeness (QED) is 0.601. The van der Waals surface area contributed by atoms with Gasteiger partial charge in [-0.15, -0.1) is 0 Å². The number of rotatable bonds is 2. The van der Waals surface area contributed by atoms with Gasteiger partial charge in [-0.1, -0.05) is 30.3 Å². The number of ether oxygens (including phenoxy) is 1. The lowest BCUT2D eigenvalue weighted by Gasteiger charge is -2.08. The van der Waals surface area contributed by atoms with E-state index in [-0.39, 0.29) is 5.91 Å². The summed E-state index contributed by atoms with van der Waals surface area (Å²) in [6, 6.07) is 9.41. The normalized spacial score (nSPS) is 17.3. The summed E-state index contributed by atoms with van der Waals surface area (Å²) in [7, 11) is 2.96. The minimum absolute atomic E-state index is 0.193. The molecule has 0 N–H and O–H groups in total. The van der Waals surface area contributed by atoms with Crippen LogP contribution in [0.5, 0.6) is 0 Å². The van der Waals surface area contributed by atoms with Gasteiger partial charge in [0.2, 0.25) is 0 Å². The van der Waals surface area contributed by atoms with Crippen LogP contribution >= 0.6 is 0 Å². The zero-order valence-corrected chi connectivity index (χ0v) is 11.1. The summed E-state index contributed by atoms with van der Waals surface area (Å²) in [5.74, 6) is -0.681. The third kappa shape index (κ3) is 2.29. The van der Waals surface area contributed by atoms with Crippen molar-refractivity contribution in [3.63, 3.8) is 0 Å². The van der Waals surface area contributed by atoms with Gasteiger partial charge in [-0.25, -0.2) is 4.79 Å². The van der Waals surface area contributed by atoms with Crippen LogP contribution in [0.25, 0.3) is 6.08 Å². The second-order valence-corrected chi connectivity index (χ2v) is 4.28. The molecule has 0 atom stereocenters. The van der Waals surface area contributed by atoms with Crippen molar-refractivity contribution in [2.75, 3.05) is 14.2 Å². The molecule has 1 aliphatic heterocycles. The summed E-state index contributed by atoms with van der Waals surface area (Å²) in [6.07, 6.45) is 1.71. The van der Waals surface area contributed by atoms with Crippen LogP contribution in [0.2, 0.25) is 0 Å². The number of likely N-dealkylation sites (N-methyl/N-ethyl adjacent to an activating group) is 1. The van der Waals surface area contributed by atoms with Crippen LogP contribution in [-0.4, -0.2) is 30.9 Å². The van der Waals surface area contributed by atoms with E-state index in [9.17, 15) is 9.59 Å². The highest BCUT2D eigenvalue weighted by atomic mass is 16.5. The number of amides is 1. The molecule has 4 heteroatoms. The topological polar surface area (TPSA) is 46.6 Å². The first-order chi connectivity index (χ1) is 9.06. The van der Waals surface area contributed by atoms with Gasteiger partial charge in [0.05, 0.1) is 18.3 Å². The standard InChI is InChI=1S/C15H15NO3/c1-10-13(15(18)19-3)12(14(17)16(10)2)9-11-7-5-4-6-8-11/h4-9H,1-3H3. The Bertz CT molecular complexity index is 585. The van der Waals surface area contributed by atoms with Crippen molar-refractivity contribution < 1.29 is 14.3 Å². The number of allylic oxidation sites excluding steroid dienone is 1. The molecule has 1 aromatic carbocycles. The molecule has 0 saturated heterocycles. The minimum Gasteiger partial charge on any atom is -0.465 e. The molecule has 1 heterocycles. The number of carbonyl (C=O) groups excluding carboxylic acids is 2. The second-order valence-electron chi connectivity index (χ2n) is 4.28. The van der Waals surface area contributed by atoms with Gasteiger partial charge in [0.15, 0.2) is 0 Å². The molecule has 2 rings (SSSR count). The van der Waals surface area contributed by atoms with E-state index in [1.54, 1.807) is 20.0 Å². The fourth-order valence-corrected chi connectivity index (χ4v) is 2.01. The summed E-state index contributed by atoms with van der Waals surface area (Å²) in [6.45, 7) is 1.73. The van der Waals surface area contributed by atoms with Gasteiger partial charge >= 0.3 is 5.97 Å². The van der Waals surface area contributed by atoms with E-state index in [4.69, 9.17) is 4.74 Å². The third-order valence-electron chi connectivity index (χ3n) is 3.17. The first kappa shape index (κ1) is 13.1. The smallest absolute Gasteiger partial charge is 0.340 e. The summed E-state index contributed by atoms with van der Waals surface area (Å²) in [4.78, 5) is 25.4. The summed E-state index contributed by atoms with van der Waals surface area (Å²) < 4.78 is 4.75. The lowest BCUT2D eigenvalue weighted by molar-refractivity contribution is -0.136. The highest BCUT2D eigenvalue weighted by molar-refractivity contribution is 6.16. The Labute approximate surface area is 112 Å². The first-order valence-corrected chi connectivity index (χ1v) is 5.90. The zero-order valence-electron chi connectivity index (χ0n) is 11.1. The molecule has 0 fully saturated rings. The average Bonchev–Trinajstić information content (AvgIpc) is 2.64. The van der Waals surface area contributed by atoms with Gasteiger partial charge in [0.1, 0.15) is 0 Å². The number of carbonyl (C=O) groups is 2. The van der Waals surface area contributed by atoms with E-state index in [2.05, 4.69) is 0 Å². The SMILES string of the molecule is COC(=O)C1=C(C)N(C)C(=O)C1=Cc1ccccc1. The van der Waals surface area contributed by atoms with Gasteiger partial charge in [0, 0.05) is 12.7 Å². The first-order valence-electron chi connectivity index (χ1n) is 5.90. The molecule has 19 heavy (non-hydrogen) atoms. The van der Waals surface area contributed by atoms with Gasteiger partial charge < -0.3 is 9.64 Å². The maximum absolute atomic E-state index is 12.2. The molecule has 0 spiro atoms. The van der Waals surface area contributed by atoms with Gasteiger partial charge in [0.25, 0.3) is 5.91 Å². The van der Waals surface area contributed by atoms with Gasteiger partial charge in [-0.05, 0) is 18.6 Å². The Morgan fingerprint density at radius 2 is 1.89 bits per heavy atom. The summed E-state index contributed by atoms with van der Waals surface area (Å²) in [5.41, 5.74) is 2.19. The monoisotopic (exact) mass is 257 g/mol. The molecule has 0 aliphatic carbocycles. The predicted octanol–water partition coefficient (Wildman–Crippen LogP) is 1.99. The van der Waals surface area contributed by atoms with Crippen LogP contribution in [0.15, 0.2) is 47.2 Å². The predicted molar refractivity (Wildman–Crippen MR) is 71.9 cm³/mol. The van der Waals surface area contributed by atoms with Crippen LogP contribution in [0.4, 0.5) is 0 Å². The molecular weight excluding hydrogens is 242 g/mol. The van der Waals surface area contributed by atoms with E-state index < -0.39 is 5.97 Å². The lowest BCUT2D eigenvalue weighted by Crippen LogP contribution is -2.19. The highest BCUT2D eigenvalue weighted by Crippen LogP contribution is 2.30. The number of methoxy groups -OCH3 is 1. The van der Waals surface area contributed by atoms with E-state index >= 15 is 0 Å². The Kier molecular flexibility index (Phi) is 3.51. The van der Waals surface area contributed by atoms with Crippen LogP contribution in [0.1, 0.15) is 12.5 Å². The van der Waals surface area contributed by atoms with Crippen LogP contribution in [0.3, 0.4) is 0 Å². The molecule has 0 aromatic heterocycles. The number of hydrogen-bond donors (Lipinski definition) is 0. The van der Waals surface area contributed by atoms with Crippen molar-refractivity contribution in [2.24, 2.45) is 0 Å². The number of benzene rings is 1. The molecule has 0 bridgehead atoms. The Morgan fingerprint density at radius 1 is 1.26 bits per heavy atom. The molecule has 98 valence electrons. The minimum atomic E-state index is -0.489. The molecule has 0 unspecified atom stereocenters. The van der Waals surface area contributed by atoms with Crippen molar-refractivity contribution in [1.29, 1.82) is 0 Å². The van der Waals surface area contributed by atoms with E-state index in [0.717, 1.165) is 5.56 Å². The van der Waals surface area contributed by atoms with Crippen molar-refractivity contribution in [3.05, 3.63) is 52.7 Å². The highest BCUT2D eigenvalue weighted by Gasteiger charge is 2.34. The van der Waals surface area contributed by atoms with Crippen molar-refractivity contribution >= 4 is 18.0 Å². The van der Waals surface area contributed by atoms with Crippen molar-refractivity contribution in [3.8, 4) is 0 Å². The zero-order chi connectivity index (χ0) is 14.0. The maximum Gasteiger partial charge on any atom is 0.340 e. The summed E-state index contributed by atoms with van der Waals surface area (Å²) >= 11 is 0. The Balaban J connectivity index is 2.52. The van der Waals surface area contributed by atoms with Crippen LogP contribution in [-0.2, 0) is 14.3 Å². The van der Waals surface area contributed by atoms with E-state index in [1.165, 1.54) is 12.0 Å². The average molecular weight is 257 g/mol. The summed E-state index contributed by atoms with van der Waals surface area (Å²) in [5, 5.41) is 0. The Morgan fingerprint density at radius 3 is 2.47 bits per heavy atom. The number of esters is 1. The molecule has 0 radical (unpaired) electrons. The largest absolute Gasteiger partial charge is 0.465 e. The maximum atomic E-state index is 12.2. The fourth-order valence-electron chi connectivity index (χ4n) is 2.01.